The summed E-state index contributed by atoms with van der Waals surface area (Å²) in [5.74, 6) is -0.0766. The van der Waals surface area contributed by atoms with E-state index in [2.05, 4.69) is 33.9 Å². The summed E-state index contributed by atoms with van der Waals surface area (Å²) in [7, 11) is -3.52. The van der Waals surface area contributed by atoms with Crippen LogP contribution in [0.25, 0.3) is 0 Å². The molecule has 0 aliphatic carbocycles. The Bertz CT molecular complexity index is 892. The maximum atomic E-state index is 12.3. The number of benzene rings is 2. The summed E-state index contributed by atoms with van der Waals surface area (Å²) in [5.41, 5.74) is 3.35. The lowest BCUT2D eigenvalue weighted by molar-refractivity contribution is 0.101. The Labute approximate surface area is 161 Å². The second kappa shape index (κ2) is 8.78. The SMILES string of the molecule is CC(=O)c1ccc(S(=O)(=O)NCCCCN2CCc3ccccc3C2)cc1. The number of rotatable bonds is 8. The first-order chi connectivity index (χ1) is 13.0. The molecule has 2 aromatic rings. The number of nitrogens with one attached hydrogen (secondary N) is 1. The lowest BCUT2D eigenvalue weighted by Gasteiger charge is -2.28. The second-order valence-electron chi connectivity index (χ2n) is 6.98. The lowest BCUT2D eigenvalue weighted by atomic mass is 10.00. The molecular formula is C21H26N2O3S. The molecule has 0 saturated carbocycles. The summed E-state index contributed by atoms with van der Waals surface area (Å²) in [6, 6.07) is 14.6. The second-order valence-corrected chi connectivity index (χ2v) is 8.75. The first-order valence-electron chi connectivity index (χ1n) is 9.35. The van der Waals surface area contributed by atoms with Crippen molar-refractivity contribution >= 4 is 15.8 Å². The zero-order valence-electron chi connectivity index (χ0n) is 15.6. The van der Waals surface area contributed by atoms with E-state index in [-0.39, 0.29) is 10.7 Å². The summed E-state index contributed by atoms with van der Waals surface area (Å²) in [6.07, 6.45) is 2.83. The van der Waals surface area contributed by atoms with Crippen LogP contribution in [0.2, 0.25) is 0 Å². The van der Waals surface area contributed by atoms with Gasteiger partial charge in [-0.15, -0.1) is 0 Å². The summed E-state index contributed by atoms with van der Waals surface area (Å²) >= 11 is 0. The quantitative estimate of drug-likeness (QED) is 0.559. The number of carbonyl (C=O) groups is 1. The number of Topliss-reactive ketones (excluding diaryl/α,β-unsaturated/α-hetero) is 1. The zero-order chi connectivity index (χ0) is 19.3. The number of sulfonamides is 1. The van der Waals surface area contributed by atoms with Crippen molar-refractivity contribution in [2.75, 3.05) is 19.6 Å². The molecule has 0 radical (unpaired) electrons. The van der Waals surface area contributed by atoms with Crippen LogP contribution in [-0.2, 0) is 23.0 Å². The van der Waals surface area contributed by atoms with Gasteiger partial charge in [-0.2, -0.15) is 0 Å². The smallest absolute Gasteiger partial charge is 0.240 e. The van der Waals surface area contributed by atoms with E-state index < -0.39 is 10.0 Å². The molecule has 0 unspecified atom stereocenters. The van der Waals surface area contributed by atoms with Gasteiger partial charge in [0.15, 0.2) is 5.78 Å². The van der Waals surface area contributed by atoms with Crippen LogP contribution < -0.4 is 4.72 Å². The van der Waals surface area contributed by atoms with Crippen molar-refractivity contribution in [1.82, 2.24) is 9.62 Å². The third-order valence-corrected chi connectivity index (χ3v) is 6.45. The van der Waals surface area contributed by atoms with E-state index in [1.807, 2.05) is 0 Å². The molecule has 1 heterocycles. The Morgan fingerprint density at radius 2 is 1.74 bits per heavy atom. The van der Waals surface area contributed by atoms with Crippen LogP contribution in [0.15, 0.2) is 53.4 Å². The van der Waals surface area contributed by atoms with Crippen molar-refractivity contribution in [2.45, 2.75) is 37.6 Å². The van der Waals surface area contributed by atoms with E-state index in [1.165, 1.54) is 30.2 Å². The molecule has 1 aliphatic rings. The molecule has 0 bridgehead atoms. The predicted molar refractivity (Wildman–Crippen MR) is 106 cm³/mol. The number of unbranched alkanes of at least 4 members (excludes halogenated alkanes) is 1. The Kier molecular flexibility index (Phi) is 6.42. The minimum Gasteiger partial charge on any atom is -0.299 e. The van der Waals surface area contributed by atoms with Gasteiger partial charge >= 0.3 is 0 Å². The highest BCUT2D eigenvalue weighted by molar-refractivity contribution is 7.89. The van der Waals surface area contributed by atoms with Crippen LogP contribution in [0.1, 0.15) is 41.3 Å². The average molecular weight is 387 g/mol. The van der Waals surface area contributed by atoms with Crippen molar-refractivity contribution in [3.05, 3.63) is 65.2 Å². The number of carbonyl (C=O) groups excluding carboxylic acids is 1. The molecular weight excluding hydrogens is 360 g/mol. The van der Waals surface area contributed by atoms with Gasteiger partial charge in [0.05, 0.1) is 4.90 Å². The molecule has 0 saturated heterocycles. The van der Waals surface area contributed by atoms with E-state index in [4.69, 9.17) is 0 Å². The minimum atomic E-state index is -3.52. The molecule has 0 fully saturated rings. The van der Waals surface area contributed by atoms with E-state index in [1.54, 1.807) is 12.1 Å². The number of nitrogens with zero attached hydrogens (tertiary/aromatic N) is 1. The molecule has 1 N–H and O–H groups in total. The highest BCUT2D eigenvalue weighted by atomic mass is 32.2. The summed E-state index contributed by atoms with van der Waals surface area (Å²) in [4.78, 5) is 13.9. The van der Waals surface area contributed by atoms with Crippen molar-refractivity contribution in [2.24, 2.45) is 0 Å². The van der Waals surface area contributed by atoms with Gasteiger partial charge in [-0.05, 0) is 56.0 Å². The van der Waals surface area contributed by atoms with Crippen LogP contribution in [0.5, 0.6) is 0 Å². The van der Waals surface area contributed by atoms with Crippen LogP contribution in [0.4, 0.5) is 0 Å². The maximum Gasteiger partial charge on any atom is 0.240 e. The van der Waals surface area contributed by atoms with Crippen molar-refractivity contribution < 1.29 is 13.2 Å². The van der Waals surface area contributed by atoms with Gasteiger partial charge in [0, 0.05) is 25.2 Å². The molecule has 27 heavy (non-hydrogen) atoms. The first kappa shape index (κ1) is 19.7. The number of fused-ring (bicyclic) bond motifs is 1. The number of ketones is 1. The molecule has 3 rings (SSSR count). The fourth-order valence-electron chi connectivity index (χ4n) is 3.36. The monoisotopic (exact) mass is 386 g/mol. The maximum absolute atomic E-state index is 12.3. The molecule has 2 aromatic carbocycles. The largest absolute Gasteiger partial charge is 0.299 e. The number of hydrogen-bond acceptors (Lipinski definition) is 4. The van der Waals surface area contributed by atoms with Crippen molar-refractivity contribution in [3.8, 4) is 0 Å². The molecule has 6 heteroatoms. The first-order valence-corrected chi connectivity index (χ1v) is 10.8. The van der Waals surface area contributed by atoms with E-state index in [9.17, 15) is 13.2 Å². The van der Waals surface area contributed by atoms with Crippen LogP contribution in [0.3, 0.4) is 0 Å². The van der Waals surface area contributed by atoms with Crippen LogP contribution in [0, 0.1) is 0 Å². The Balaban J connectivity index is 1.41. The third-order valence-electron chi connectivity index (χ3n) is 4.97. The van der Waals surface area contributed by atoms with Crippen LogP contribution >= 0.6 is 0 Å². The van der Waals surface area contributed by atoms with Gasteiger partial charge in [0.25, 0.3) is 0 Å². The van der Waals surface area contributed by atoms with Gasteiger partial charge in [-0.3, -0.25) is 9.69 Å². The summed E-state index contributed by atoms with van der Waals surface area (Å²) in [6.45, 7) is 4.89. The third kappa shape index (κ3) is 5.25. The predicted octanol–water partition coefficient (Wildman–Crippen LogP) is 3.01. The van der Waals surface area contributed by atoms with Gasteiger partial charge in [0.2, 0.25) is 10.0 Å². The fourth-order valence-corrected chi connectivity index (χ4v) is 4.44. The van der Waals surface area contributed by atoms with Gasteiger partial charge in [-0.1, -0.05) is 36.4 Å². The minimum absolute atomic E-state index is 0.0766. The molecule has 0 aromatic heterocycles. The Morgan fingerprint density at radius 3 is 2.44 bits per heavy atom. The highest BCUT2D eigenvalue weighted by Gasteiger charge is 2.16. The molecule has 5 nitrogen and oxygen atoms in total. The average Bonchev–Trinajstić information content (AvgIpc) is 2.67. The van der Waals surface area contributed by atoms with E-state index in [0.717, 1.165) is 38.9 Å². The fraction of sp³-hybridized carbons (Fsp3) is 0.381. The molecule has 0 atom stereocenters. The standard InChI is InChI=1S/C21H26N2O3S/c1-17(24)18-8-10-21(11-9-18)27(25,26)22-13-4-5-14-23-15-12-19-6-2-3-7-20(19)16-23/h2-3,6-11,22H,4-5,12-16H2,1H3. The molecule has 0 amide bonds. The molecule has 0 spiro atoms. The van der Waals surface area contributed by atoms with Gasteiger partial charge in [0.1, 0.15) is 0 Å². The van der Waals surface area contributed by atoms with Crippen molar-refractivity contribution in [3.63, 3.8) is 0 Å². The lowest BCUT2D eigenvalue weighted by Crippen LogP contribution is -2.32. The van der Waals surface area contributed by atoms with E-state index in [0.29, 0.717) is 12.1 Å². The topological polar surface area (TPSA) is 66.5 Å². The Hall–Kier alpha value is -2.02. The van der Waals surface area contributed by atoms with Crippen molar-refractivity contribution in [1.29, 1.82) is 0 Å². The van der Waals surface area contributed by atoms with Gasteiger partial charge in [-0.25, -0.2) is 13.1 Å². The van der Waals surface area contributed by atoms with E-state index >= 15 is 0 Å². The van der Waals surface area contributed by atoms with Gasteiger partial charge < -0.3 is 0 Å². The molecule has 1 aliphatic heterocycles. The number of hydrogen-bond donors (Lipinski definition) is 1. The zero-order valence-corrected chi connectivity index (χ0v) is 16.5. The molecule has 144 valence electrons. The normalized spacial score (nSPS) is 14.7. The Morgan fingerprint density at radius 1 is 1.04 bits per heavy atom. The van der Waals surface area contributed by atoms with Crippen LogP contribution in [-0.4, -0.2) is 38.7 Å². The summed E-state index contributed by atoms with van der Waals surface area (Å²) in [5, 5.41) is 0. The highest BCUT2D eigenvalue weighted by Crippen LogP contribution is 2.18. The summed E-state index contributed by atoms with van der Waals surface area (Å²) < 4.78 is 27.3.